The van der Waals surface area contributed by atoms with Crippen molar-refractivity contribution in [1.29, 1.82) is 0 Å². The second kappa shape index (κ2) is 7.26. The van der Waals surface area contributed by atoms with E-state index in [2.05, 4.69) is 20.6 Å². The third-order valence-electron chi connectivity index (χ3n) is 3.84. The quantitative estimate of drug-likeness (QED) is 0.800. The Morgan fingerprint density at radius 2 is 1.76 bits per heavy atom. The first kappa shape index (κ1) is 17.5. The molecule has 0 atom stereocenters. The standard InChI is InChI=1S/C17H20F3N5/c1-25(2)6-5-21-17-22-14(10-3-4-10)9-15(24-17)23-16-12(19)7-11(18)8-13(16)20/h7-10H,3-6H2,1-2H3,(H2,21,22,23,24). The van der Waals surface area contributed by atoms with Crippen LogP contribution in [0.4, 0.5) is 30.6 Å². The van der Waals surface area contributed by atoms with Gasteiger partial charge in [0.15, 0.2) is 11.6 Å². The lowest BCUT2D eigenvalue weighted by atomic mass is 10.2. The number of likely N-dealkylation sites (N-methyl/N-ethyl adjacent to an activating group) is 1. The van der Waals surface area contributed by atoms with Crippen molar-refractivity contribution < 1.29 is 13.2 Å². The van der Waals surface area contributed by atoms with Crippen molar-refractivity contribution in [2.24, 2.45) is 0 Å². The zero-order chi connectivity index (χ0) is 18.0. The molecule has 0 saturated heterocycles. The highest BCUT2D eigenvalue weighted by atomic mass is 19.1. The van der Waals surface area contributed by atoms with Crippen LogP contribution in [0.15, 0.2) is 18.2 Å². The lowest BCUT2D eigenvalue weighted by molar-refractivity contribution is 0.425. The van der Waals surface area contributed by atoms with Crippen molar-refractivity contribution in [3.8, 4) is 0 Å². The summed E-state index contributed by atoms with van der Waals surface area (Å²) >= 11 is 0. The number of anilines is 3. The predicted octanol–water partition coefficient (Wildman–Crippen LogP) is 3.49. The fourth-order valence-electron chi connectivity index (χ4n) is 2.38. The van der Waals surface area contributed by atoms with E-state index in [0.717, 1.165) is 25.1 Å². The summed E-state index contributed by atoms with van der Waals surface area (Å²) in [6.07, 6.45) is 2.07. The summed E-state index contributed by atoms with van der Waals surface area (Å²) in [5.74, 6) is -1.96. The molecule has 0 amide bonds. The molecule has 0 spiro atoms. The Morgan fingerprint density at radius 3 is 2.36 bits per heavy atom. The summed E-state index contributed by atoms with van der Waals surface area (Å²) in [7, 11) is 3.91. The van der Waals surface area contributed by atoms with Gasteiger partial charge in [-0.15, -0.1) is 0 Å². The van der Waals surface area contributed by atoms with Gasteiger partial charge in [-0.3, -0.25) is 0 Å². The SMILES string of the molecule is CN(C)CCNc1nc(Nc2c(F)cc(F)cc2F)cc(C2CC2)n1. The third-order valence-corrected chi connectivity index (χ3v) is 3.84. The molecule has 8 heteroatoms. The number of nitrogens with zero attached hydrogens (tertiary/aromatic N) is 3. The first-order valence-corrected chi connectivity index (χ1v) is 8.11. The lowest BCUT2D eigenvalue weighted by Crippen LogP contribution is -2.21. The molecule has 2 N–H and O–H groups in total. The van der Waals surface area contributed by atoms with Gasteiger partial charge < -0.3 is 15.5 Å². The minimum absolute atomic E-state index is 0.272. The molecule has 0 bridgehead atoms. The van der Waals surface area contributed by atoms with Gasteiger partial charge >= 0.3 is 0 Å². The second-order valence-electron chi connectivity index (χ2n) is 6.38. The van der Waals surface area contributed by atoms with Crippen LogP contribution < -0.4 is 10.6 Å². The van der Waals surface area contributed by atoms with E-state index in [9.17, 15) is 13.2 Å². The maximum atomic E-state index is 13.9. The molecular weight excluding hydrogens is 331 g/mol. The van der Waals surface area contributed by atoms with Gasteiger partial charge in [-0.05, 0) is 26.9 Å². The summed E-state index contributed by atoms with van der Waals surface area (Å²) in [5, 5.41) is 5.72. The number of halogens is 3. The lowest BCUT2D eigenvalue weighted by Gasteiger charge is -2.13. The van der Waals surface area contributed by atoms with Crippen LogP contribution in [0.5, 0.6) is 0 Å². The van der Waals surface area contributed by atoms with Gasteiger partial charge in [0.2, 0.25) is 5.95 Å². The number of rotatable bonds is 7. The topological polar surface area (TPSA) is 53.1 Å². The Morgan fingerprint density at radius 1 is 1.08 bits per heavy atom. The Kier molecular flexibility index (Phi) is 5.08. The highest BCUT2D eigenvalue weighted by molar-refractivity contribution is 5.59. The maximum Gasteiger partial charge on any atom is 0.224 e. The van der Waals surface area contributed by atoms with Crippen molar-refractivity contribution in [2.45, 2.75) is 18.8 Å². The van der Waals surface area contributed by atoms with Crippen molar-refractivity contribution in [3.63, 3.8) is 0 Å². The molecule has 25 heavy (non-hydrogen) atoms. The van der Waals surface area contributed by atoms with E-state index in [0.29, 0.717) is 30.5 Å². The molecule has 2 aromatic rings. The van der Waals surface area contributed by atoms with E-state index in [1.807, 2.05) is 19.0 Å². The van der Waals surface area contributed by atoms with E-state index in [1.54, 1.807) is 6.07 Å². The Balaban J connectivity index is 1.84. The number of hydrogen-bond donors (Lipinski definition) is 2. The molecule has 1 aliphatic rings. The molecule has 134 valence electrons. The molecule has 3 rings (SSSR count). The first-order chi connectivity index (χ1) is 11.9. The summed E-state index contributed by atoms with van der Waals surface area (Å²) in [4.78, 5) is 10.7. The second-order valence-corrected chi connectivity index (χ2v) is 6.38. The molecule has 1 heterocycles. The molecule has 0 aliphatic heterocycles. The van der Waals surface area contributed by atoms with Crippen molar-refractivity contribution >= 4 is 17.5 Å². The van der Waals surface area contributed by atoms with Crippen LogP contribution in [0.2, 0.25) is 0 Å². The van der Waals surface area contributed by atoms with E-state index in [1.165, 1.54) is 0 Å². The molecule has 1 aromatic carbocycles. The van der Waals surface area contributed by atoms with Gasteiger partial charge in [0, 0.05) is 37.2 Å². The minimum Gasteiger partial charge on any atom is -0.353 e. The van der Waals surface area contributed by atoms with Crippen molar-refractivity contribution in [1.82, 2.24) is 14.9 Å². The minimum atomic E-state index is -1.01. The fourth-order valence-corrected chi connectivity index (χ4v) is 2.38. The molecular formula is C17H20F3N5. The summed E-state index contributed by atoms with van der Waals surface area (Å²) < 4.78 is 40.8. The monoisotopic (exact) mass is 351 g/mol. The number of benzene rings is 1. The zero-order valence-electron chi connectivity index (χ0n) is 14.1. The van der Waals surface area contributed by atoms with Crippen LogP contribution in [-0.4, -0.2) is 42.1 Å². The number of hydrogen-bond acceptors (Lipinski definition) is 5. The third kappa shape index (κ3) is 4.60. The van der Waals surface area contributed by atoms with Gasteiger partial charge in [-0.1, -0.05) is 0 Å². The Hall–Kier alpha value is -2.35. The number of nitrogens with one attached hydrogen (secondary N) is 2. The number of aromatic nitrogens is 2. The van der Waals surface area contributed by atoms with Gasteiger partial charge in [0.25, 0.3) is 0 Å². The Labute approximate surface area is 144 Å². The largest absolute Gasteiger partial charge is 0.353 e. The zero-order valence-corrected chi connectivity index (χ0v) is 14.1. The van der Waals surface area contributed by atoms with Crippen LogP contribution in [0.25, 0.3) is 0 Å². The fraction of sp³-hybridized carbons (Fsp3) is 0.412. The van der Waals surface area contributed by atoms with E-state index < -0.39 is 23.1 Å². The maximum absolute atomic E-state index is 13.9. The van der Waals surface area contributed by atoms with Crippen LogP contribution >= 0.6 is 0 Å². The highest BCUT2D eigenvalue weighted by Gasteiger charge is 2.26. The van der Waals surface area contributed by atoms with E-state index >= 15 is 0 Å². The van der Waals surface area contributed by atoms with E-state index in [-0.39, 0.29) is 5.82 Å². The molecule has 0 radical (unpaired) electrons. The molecule has 5 nitrogen and oxygen atoms in total. The summed E-state index contributed by atoms with van der Waals surface area (Å²) in [6.45, 7) is 1.43. The van der Waals surface area contributed by atoms with Gasteiger partial charge in [0.1, 0.15) is 17.3 Å². The first-order valence-electron chi connectivity index (χ1n) is 8.11. The van der Waals surface area contributed by atoms with Crippen molar-refractivity contribution in [2.75, 3.05) is 37.8 Å². The van der Waals surface area contributed by atoms with E-state index in [4.69, 9.17) is 0 Å². The predicted molar refractivity (Wildman–Crippen MR) is 90.6 cm³/mol. The van der Waals surface area contributed by atoms with Gasteiger partial charge in [0.05, 0.1) is 5.69 Å². The van der Waals surface area contributed by atoms with Crippen LogP contribution in [0, 0.1) is 17.5 Å². The Bertz CT molecular complexity index is 739. The molecule has 0 unspecified atom stereocenters. The van der Waals surface area contributed by atoms with Crippen LogP contribution in [0.1, 0.15) is 24.5 Å². The molecule has 1 fully saturated rings. The molecule has 1 saturated carbocycles. The van der Waals surface area contributed by atoms with Crippen LogP contribution in [0.3, 0.4) is 0 Å². The molecule has 1 aromatic heterocycles. The smallest absolute Gasteiger partial charge is 0.224 e. The van der Waals surface area contributed by atoms with Crippen LogP contribution in [-0.2, 0) is 0 Å². The average molecular weight is 351 g/mol. The highest BCUT2D eigenvalue weighted by Crippen LogP contribution is 2.40. The van der Waals surface area contributed by atoms with Crippen molar-refractivity contribution in [3.05, 3.63) is 41.3 Å². The molecule has 1 aliphatic carbocycles. The summed E-state index contributed by atoms with van der Waals surface area (Å²) in [5.41, 5.74) is 0.397. The average Bonchev–Trinajstić information content (AvgIpc) is 3.35. The van der Waals surface area contributed by atoms with Gasteiger partial charge in [-0.25, -0.2) is 18.2 Å². The normalized spacial score (nSPS) is 14.0. The van der Waals surface area contributed by atoms with Gasteiger partial charge in [-0.2, -0.15) is 4.98 Å². The summed E-state index contributed by atoms with van der Waals surface area (Å²) in [6, 6.07) is 2.94.